The molecule has 2 heterocycles. The molecular formula is C16H19N3O2S. The van der Waals surface area contributed by atoms with Crippen LogP contribution in [0, 0.1) is 0 Å². The molecule has 22 heavy (non-hydrogen) atoms. The molecule has 0 spiro atoms. The van der Waals surface area contributed by atoms with Crippen molar-refractivity contribution in [3.63, 3.8) is 0 Å². The van der Waals surface area contributed by atoms with Crippen molar-refractivity contribution in [2.75, 3.05) is 11.6 Å². The van der Waals surface area contributed by atoms with Gasteiger partial charge in [0.05, 0.1) is 18.0 Å². The summed E-state index contributed by atoms with van der Waals surface area (Å²) in [6.07, 6.45) is 5.26. The van der Waals surface area contributed by atoms with E-state index in [1.54, 1.807) is 36.3 Å². The van der Waals surface area contributed by atoms with Gasteiger partial charge in [0.25, 0.3) is 5.91 Å². The minimum absolute atomic E-state index is 0.0653. The first kappa shape index (κ1) is 16.3. The van der Waals surface area contributed by atoms with E-state index in [1.165, 1.54) is 0 Å². The van der Waals surface area contributed by atoms with Gasteiger partial charge in [-0.2, -0.15) is 11.8 Å². The first-order valence-corrected chi connectivity index (χ1v) is 8.36. The lowest BCUT2D eigenvalue weighted by atomic mass is 10.2. The Kier molecular flexibility index (Phi) is 5.77. The second-order valence-electron chi connectivity index (χ2n) is 4.95. The summed E-state index contributed by atoms with van der Waals surface area (Å²) in [7, 11) is 0. The molecule has 6 heteroatoms. The molecule has 0 saturated heterocycles. The van der Waals surface area contributed by atoms with Crippen LogP contribution in [0.25, 0.3) is 0 Å². The van der Waals surface area contributed by atoms with Crippen LogP contribution < -0.4 is 10.1 Å². The van der Waals surface area contributed by atoms with Crippen LogP contribution in [0.15, 0.2) is 36.7 Å². The number of ether oxygens (including phenoxy) is 1. The number of thioether (sulfide) groups is 1. The molecule has 116 valence electrons. The monoisotopic (exact) mass is 317 g/mol. The van der Waals surface area contributed by atoms with E-state index in [4.69, 9.17) is 4.74 Å². The first-order valence-electron chi connectivity index (χ1n) is 6.97. The maximum Gasteiger partial charge on any atom is 0.274 e. The highest BCUT2D eigenvalue weighted by molar-refractivity contribution is 7.97. The zero-order valence-corrected chi connectivity index (χ0v) is 13.7. The number of hydrogen-bond acceptors (Lipinski definition) is 5. The van der Waals surface area contributed by atoms with Crippen molar-refractivity contribution < 1.29 is 9.53 Å². The van der Waals surface area contributed by atoms with Crippen LogP contribution in [0.4, 0.5) is 5.69 Å². The predicted octanol–water partition coefficient (Wildman–Crippen LogP) is 3.38. The highest BCUT2D eigenvalue weighted by atomic mass is 32.2. The normalized spacial score (nSPS) is 10.5. The molecule has 2 aromatic rings. The number of carbonyl (C=O) groups excluding carboxylic acids is 1. The molecule has 0 saturated carbocycles. The van der Waals surface area contributed by atoms with E-state index in [2.05, 4.69) is 15.3 Å². The van der Waals surface area contributed by atoms with E-state index in [-0.39, 0.29) is 12.0 Å². The molecule has 0 atom stereocenters. The molecular weight excluding hydrogens is 298 g/mol. The fraction of sp³-hybridized carbons (Fsp3) is 0.312. The van der Waals surface area contributed by atoms with Crippen LogP contribution in [-0.4, -0.2) is 28.2 Å². The largest absolute Gasteiger partial charge is 0.475 e. The Morgan fingerprint density at radius 3 is 2.77 bits per heavy atom. The van der Waals surface area contributed by atoms with Crippen LogP contribution in [0.2, 0.25) is 0 Å². The second-order valence-corrected chi connectivity index (χ2v) is 5.82. The third-order valence-electron chi connectivity index (χ3n) is 2.76. The predicted molar refractivity (Wildman–Crippen MR) is 89.4 cm³/mol. The standard InChI is InChI=1S/C16H19N3O2S/c1-11(2)21-14-7-6-13(9-18-14)19-16(20)15-12(10-22-3)5-4-8-17-15/h4-9,11H,10H2,1-3H3,(H,19,20). The molecule has 0 aliphatic rings. The SMILES string of the molecule is CSCc1cccnc1C(=O)Nc1ccc(OC(C)C)nc1. The van der Waals surface area contributed by atoms with Crippen molar-refractivity contribution in [1.82, 2.24) is 9.97 Å². The minimum atomic E-state index is -0.232. The Bertz CT molecular complexity index is 630. The molecule has 0 radical (unpaired) electrons. The number of nitrogens with zero attached hydrogens (tertiary/aromatic N) is 2. The molecule has 0 aliphatic carbocycles. The Labute approximate surface area is 134 Å². The van der Waals surface area contributed by atoms with Gasteiger partial charge in [0.2, 0.25) is 5.88 Å². The maximum atomic E-state index is 12.3. The second kappa shape index (κ2) is 7.79. The zero-order chi connectivity index (χ0) is 15.9. The summed E-state index contributed by atoms with van der Waals surface area (Å²) in [5.41, 5.74) is 1.97. The highest BCUT2D eigenvalue weighted by Crippen LogP contribution is 2.16. The third kappa shape index (κ3) is 4.46. The van der Waals surface area contributed by atoms with Crippen LogP contribution in [-0.2, 0) is 5.75 Å². The van der Waals surface area contributed by atoms with Crippen LogP contribution in [0.1, 0.15) is 29.9 Å². The molecule has 2 aromatic heterocycles. The van der Waals surface area contributed by atoms with E-state index in [9.17, 15) is 4.79 Å². The van der Waals surface area contributed by atoms with E-state index in [0.717, 1.165) is 11.3 Å². The van der Waals surface area contributed by atoms with Crippen molar-refractivity contribution in [2.45, 2.75) is 25.7 Å². The zero-order valence-electron chi connectivity index (χ0n) is 12.9. The van der Waals surface area contributed by atoms with Gasteiger partial charge >= 0.3 is 0 Å². The van der Waals surface area contributed by atoms with Gasteiger partial charge in [-0.05, 0) is 37.8 Å². The van der Waals surface area contributed by atoms with E-state index < -0.39 is 0 Å². The molecule has 1 amide bonds. The van der Waals surface area contributed by atoms with Gasteiger partial charge in [-0.3, -0.25) is 9.78 Å². The van der Waals surface area contributed by atoms with Gasteiger partial charge in [0.15, 0.2) is 0 Å². The average Bonchev–Trinajstić information content (AvgIpc) is 2.49. The smallest absolute Gasteiger partial charge is 0.274 e. The van der Waals surface area contributed by atoms with Gasteiger partial charge in [-0.15, -0.1) is 0 Å². The van der Waals surface area contributed by atoms with E-state index in [1.807, 2.05) is 32.2 Å². The lowest BCUT2D eigenvalue weighted by Crippen LogP contribution is -2.16. The molecule has 0 aliphatic heterocycles. The lowest BCUT2D eigenvalue weighted by molar-refractivity contribution is 0.102. The van der Waals surface area contributed by atoms with E-state index >= 15 is 0 Å². The Hall–Kier alpha value is -2.08. The van der Waals surface area contributed by atoms with Gasteiger partial charge in [0.1, 0.15) is 5.69 Å². The summed E-state index contributed by atoms with van der Waals surface area (Å²) >= 11 is 1.65. The fourth-order valence-electron chi connectivity index (χ4n) is 1.87. The van der Waals surface area contributed by atoms with E-state index in [0.29, 0.717) is 17.3 Å². The summed E-state index contributed by atoms with van der Waals surface area (Å²) in [6.45, 7) is 3.87. The Balaban J connectivity index is 2.09. The summed E-state index contributed by atoms with van der Waals surface area (Å²) < 4.78 is 5.47. The van der Waals surface area contributed by atoms with Crippen molar-refractivity contribution in [1.29, 1.82) is 0 Å². The molecule has 1 N–H and O–H groups in total. The van der Waals surface area contributed by atoms with Crippen molar-refractivity contribution in [3.05, 3.63) is 47.9 Å². The van der Waals surface area contributed by atoms with Gasteiger partial charge < -0.3 is 10.1 Å². The number of rotatable bonds is 6. The van der Waals surface area contributed by atoms with Crippen LogP contribution in [0.5, 0.6) is 5.88 Å². The lowest BCUT2D eigenvalue weighted by Gasteiger charge is -2.10. The molecule has 0 bridgehead atoms. The number of carbonyl (C=O) groups is 1. The van der Waals surface area contributed by atoms with Crippen molar-refractivity contribution >= 4 is 23.4 Å². The number of amides is 1. The molecule has 5 nitrogen and oxygen atoms in total. The summed E-state index contributed by atoms with van der Waals surface area (Å²) in [5.74, 6) is 1.05. The summed E-state index contributed by atoms with van der Waals surface area (Å²) in [5, 5.41) is 2.81. The Morgan fingerprint density at radius 1 is 1.32 bits per heavy atom. The van der Waals surface area contributed by atoms with Crippen molar-refractivity contribution in [2.24, 2.45) is 0 Å². The topological polar surface area (TPSA) is 64.1 Å². The highest BCUT2D eigenvalue weighted by Gasteiger charge is 2.13. The number of nitrogens with one attached hydrogen (secondary N) is 1. The van der Waals surface area contributed by atoms with Gasteiger partial charge in [0, 0.05) is 18.0 Å². The molecule has 0 aromatic carbocycles. The first-order chi connectivity index (χ1) is 10.6. The maximum absolute atomic E-state index is 12.3. The van der Waals surface area contributed by atoms with Crippen LogP contribution in [0.3, 0.4) is 0 Å². The fourth-order valence-corrected chi connectivity index (χ4v) is 2.41. The summed E-state index contributed by atoms with van der Waals surface area (Å²) in [6, 6.07) is 7.24. The molecule has 0 fully saturated rings. The number of anilines is 1. The van der Waals surface area contributed by atoms with Crippen LogP contribution >= 0.6 is 11.8 Å². The Morgan fingerprint density at radius 2 is 2.14 bits per heavy atom. The minimum Gasteiger partial charge on any atom is -0.475 e. The summed E-state index contributed by atoms with van der Waals surface area (Å²) in [4.78, 5) is 20.7. The van der Waals surface area contributed by atoms with Gasteiger partial charge in [-0.25, -0.2) is 4.98 Å². The number of aromatic nitrogens is 2. The average molecular weight is 317 g/mol. The number of pyridine rings is 2. The number of hydrogen-bond donors (Lipinski definition) is 1. The van der Waals surface area contributed by atoms with Gasteiger partial charge in [-0.1, -0.05) is 6.07 Å². The van der Waals surface area contributed by atoms with Crippen molar-refractivity contribution in [3.8, 4) is 5.88 Å². The molecule has 2 rings (SSSR count). The third-order valence-corrected chi connectivity index (χ3v) is 3.36. The molecule has 0 unspecified atom stereocenters. The quantitative estimate of drug-likeness (QED) is 0.885.